The zero-order valence-electron chi connectivity index (χ0n) is 11.8. The highest BCUT2D eigenvalue weighted by Crippen LogP contribution is 2.28. The Bertz CT molecular complexity index is 440. The third kappa shape index (κ3) is 4.39. The molecular weight excluding hydrogens is 276 g/mol. The molecule has 0 saturated heterocycles. The number of ether oxygens (including phenoxy) is 1. The summed E-state index contributed by atoms with van der Waals surface area (Å²) in [7, 11) is 0. The number of rotatable bonds is 5. The van der Waals surface area contributed by atoms with Crippen LogP contribution in [0.2, 0.25) is 0 Å². The van der Waals surface area contributed by atoms with Crippen LogP contribution in [0.1, 0.15) is 32.6 Å². The number of nitrogens with one attached hydrogen (secondary N) is 1. The van der Waals surface area contributed by atoms with Crippen LogP contribution in [0.3, 0.4) is 0 Å². The van der Waals surface area contributed by atoms with E-state index in [0.29, 0.717) is 24.7 Å². The Hall–Kier alpha value is -1.26. The summed E-state index contributed by atoms with van der Waals surface area (Å²) in [5.74, 6) is 1.06. The lowest BCUT2D eigenvalue weighted by Crippen LogP contribution is -2.28. The van der Waals surface area contributed by atoms with Gasteiger partial charge in [-0.3, -0.25) is 4.79 Å². The molecule has 2 rings (SSSR count). The first kappa shape index (κ1) is 16.8. The van der Waals surface area contributed by atoms with Gasteiger partial charge in [-0.1, -0.05) is 18.6 Å². The average molecular weight is 299 g/mol. The Labute approximate surface area is 126 Å². The molecule has 20 heavy (non-hydrogen) atoms. The van der Waals surface area contributed by atoms with Crippen molar-refractivity contribution in [2.75, 3.05) is 11.9 Å². The van der Waals surface area contributed by atoms with Crippen LogP contribution >= 0.6 is 12.4 Å². The molecule has 0 heterocycles. The summed E-state index contributed by atoms with van der Waals surface area (Å²) in [6.45, 7) is 2.51. The minimum absolute atomic E-state index is 0. The van der Waals surface area contributed by atoms with Crippen LogP contribution in [0, 0.1) is 5.92 Å². The van der Waals surface area contributed by atoms with Crippen LogP contribution in [-0.2, 0) is 4.79 Å². The van der Waals surface area contributed by atoms with E-state index in [4.69, 9.17) is 10.5 Å². The summed E-state index contributed by atoms with van der Waals surface area (Å²) in [6.07, 6.45) is 3.73. The Morgan fingerprint density at radius 1 is 1.40 bits per heavy atom. The van der Waals surface area contributed by atoms with Crippen LogP contribution in [0.5, 0.6) is 5.75 Å². The van der Waals surface area contributed by atoms with Gasteiger partial charge in [0, 0.05) is 12.5 Å². The first-order valence-electron chi connectivity index (χ1n) is 6.98. The molecule has 5 heteroatoms. The second kappa shape index (κ2) is 8.12. The normalized spacial score (nSPS) is 21.1. The number of benzene rings is 1. The van der Waals surface area contributed by atoms with Crippen molar-refractivity contribution in [2.45, 2.75) is 38.6 Å². The van der Waals surface area contributed by atoms with Crippen LogP contribution in [0.25, 0.3) is 0 Å². The Morgan fingerprint density at radius 3 is 2.80 bits per heavy atom. The molecule has 0 spiro atoms. The Kier molecular flexibility index (Phi) is 6.82. The van der Waals surface area contributed by atoms with Gasteiger partial charge in [-0.2, -0.15) is 0 Å². The predicted molar refractivity (Wildman–Crippen MR) is 83.4 cm³/mol. The molecule has 1 aliphatic rings. The average Bonchev–Trinajstić information content (AvgIpc) is 2.78. The molecule has 0 aliphatic heterocycles. The largest absolute Gasteiger partial charge is 0.492 e. The van der Waals surface area contributed by atoms with E-state index in [1.54, 1.807) is 0 Å². The van der Waals surface area contributed by atoms with Crippen molar-refractivity contribution in [3.63, 3.8) is 0 Å². The number of hydrogen-bond acceptors (Lipinski definition) is 3. The van der Waals surface area contributed by atoms with Gasteiger partial charge >= 0.3 is 0 Å². The van der Waals surface area contributed by atoms with Crippen LogP contribution in [-0.4, -0.2) is 18.6 Å². The van der Waals surface area contributed by atoms with E-state index in [1.165, 1.54) is 0 Å². The van der Waals surface area contributed by atoms with E-state index >= 15 is 0 Å². The van der Waals surface area contributed by atoms with E-state index in [1.807, 2.05) is 31.2 Å². The van der Waals surface area contributed by atoms with Crippen molar-refractivity contribution in [2.24, 2.45) is 11.7 Å². The molecule has 0 aromatic heterocycles. The molecule has 4 nitrogen and oxygen atoms in total. The van der Waals surface area contributed by atoms with Crippen LogP contribution in [0.4, 0.5) is 5.69 Å². The van der Waals surface area contributed by atoms with Crippen molar-refractivity contribution in [3.8, 4) is 5.75 Å². The van der Waals surface area contributed by atoms with Crippen molar-refractivity contribution < 1.29 is 9.53 Å². The van der Waals surface area contributed by atoms with E-state index in [-0.39, 0.29) is 24.4 Å². The zero-order valence-corrected chi connectivity index (χ0v) is 12.6. The second-order valence-corrected chi connectivity index (χ2v) is 5.04. The molecule has 1 aliphatic carbocycles. The highest BCUT2D eigenvalue weighted by Gasteiger charge is 2.26. The SMILES string of the molecule is CCOc1ccccc1NC(=O)C[C@@H]1CCC[C@H]1N.Cl. The molecule has 1 fully saturated rings. The maximum atomic E-state index is 12.0. The molecule has 1 aromatic carbocycles. The van der Waals surface area contributed by atoms with E-state index in [2.05, 4.69) is 5.32 Å². The van der Waals surface area contributed by atoms with Crippen molar-refractivity contribution >= 4 is 24.0 Å². The standard InChI is InChI=1S/C15H22N2O2.ClH/c1-2-19-14-9-4-3-8-13(14)17-15(18)10-11-6-5-7-12(11)16;/h3-4,8-9,11-12H,2,5-7,10,16H2,1H3,(H,17,18);1H/t11-,12+;/m0./s1. The van der Waals surface area contributed by atoms with Gasteiger partial charge in [-0.05, 0) is 37.8 Å². The molecule has 112 valence electrons. The van der Waals surface area contributed by atoms with E-state index in [9.17, 15) is 4.79 Å². The summed E-state index contributed by atoms with van der Waals surface area (Å²) in [5, 5.41) is 2.92. The fourth-order valence-corrected chi connectivity index (χ4v) is 2.61. The molecule has 2 atom stereocenters. The summed E-state index contributed by atoms with van der Waals surface area (Å²) >= 11 is 0. The van der Waals surface area contributed by atoms with Crippen molar-refractivity contribution in [3.05, 3.63) is 24.3 Å². The number of halogens is 1. The first-order chi connectivity index (χ1) is 9.20. The quantitative estimate of drug-likeness (QED) is 0.878. The fourth-order valence-electron chi connectivity index (χ4n) is 2.61. The maximum absolute atomic E-state index is 12.0. The minimum Gasteiger partial charge on any atom is -0.492 e. The maximum Gasteiger partial charge on any atom is 0.224 e. The molecule has 0 bridgehead atoms. The number of para-hydroxylation sites is 2. The van der Waals surface area contributed by atoms with E-state index < -0.39 is 0 Å². The van der Waals surface area contributed by atoms with Gasteiger partial charge in [0.15, 0.2) is 0 Å². The lowest BCUT2D eigenvalue weighted by atomic mass is 10.00. The third-order valence-electron chi connectivity index (χ3n) is 3.63. The van der Waals surface area contributed by atoms with Gasteiger partial charge in [0.25, 0.3) is 0 Å². The molecule has 0 radical (unpaired) electrons. The molecule has 1 saturated carbocycles. The number of amides is 1. The highest BCUT2D eigenvalue weighted by molar-refractivity contribution is 5.92. The number of hydrogen-bond donors (Lipinski definition) is 2. The smallest absolute Gasteiger partial charge is 0.224 e. The van der Waals surface area contributed by atoms with Crippen LogP contribution in [0.15, 0.2) is 24.3 Å². The Balaban J connectivity index is 0.00000200. The number of carbonyl (C=O) groups excluding carboxylic acids is 1. The third-order valence-corrected chi connectivity index (χ3v) is 3.63. The summed E-state index contributed by atoms with van der Waals surface area (Å²) in [5.41, 5.74) is 6.73. The van der Waals surface area contributed by atoms with Crippen molar-refractivity contribution in [1.29, 1.82) is 0 Å². The lowest BCUT2D eigenvalue weighted by Gasteiger charge is -2.16. The first-order valence-corrected chi connectivity index (χ1v) is 6.98. The van der Waals surface area contributed by atoms with Gasteiger partial charge in [0.05, 0.1) is 12.3 Å². The highest BCUT2D eigenvalue weighted by atomic mass is 35.5. The zero-order chi connectivity index (χ0) is 13.7. The van der Waals surface area contributed by atoms with Crippen LogP contribution < -0.4 is 15.8 Å². The molecular formula is C15H23ClN2O2. The minimum atomic E-state index is 0. The second-order valence-electron chi connectivity index (χ2n) is 5.04. The number of carbonyl (C=O) groups is 1. The molecule has 1 aromatic rings. The van der Waals surface area contributed by atoms with Gasteiger partial charge in [0.2, 0.25) is 5.91 Å². The summed E-state index contributed by atoms with van der Waals surface area (Å²) in [6, 6.07) is 7.68. The number of anilines is 1. The topological polar surface area (TPSA) is 64.3 Å². The molecule has 0 unspecified atom stereocenters. The summed E-state index contributed by atoms with van der Waals surface area (Å²) < 4.78 is 5.49. The van der Waals surface area contributed by atoms with Gasteiger partial charge in [-0.25, -0.2) is 0 Å². The summed E-state index contributed by atoms with van der Waals surface area (Å²) in [4.78, 5) is 12.0. The van der Waals surface area contributed by atoms with E-state index in [0.717, 1.165) is 24.9 Å². The molecule has 3 N–H and O–H groups in total. The van der Waals surface area contributed by atoms with Gasteiger partial charge in [-0.15, -0.1) is 12.4 Å². The van der Waals surface area contributed by atoms with Gasteiger partial charge in [0.1, 0.15) is 5.75 Å². The van der Waals surface area contributed by atoms with Gasteiger partial charge < -0.3 is 15.8 Å². The fraction of sp³-hybridized carbons (Fsp3) is 0.533. The lowest BCUT2D eigenvalue weighted by molar-refractivity contribution is -0.117. The predicted octanol–water partition coefficient (Wildman–Crippen LogP) is 2.96. The number of nitrogens with two attached hydrogens (primary N) is 1. The Morgan fingerprint density at radius 2 is 2.15 bits per heavy atom. The molecule has 1 amide bonds. The van der Waals surface area contributed by atoms with Crippen molar-refractivity contribution in [1.82, 2.24) is 0 Å². The monoisotopic (exact) mass is 298 g/mol.